The summed E-state index contributed by atoms with van der Waals surface area (Å²) in [4.78, 5) is -2.37. The van der Waals surface area contributed by atoms with Gasteiger partial charge in [-0.3, -0.25) is 0 Å². The minimum absolute atomic E-state index is 0. The van der Waals surface area contributed by atoms with Crippen molar-refractivity contribution in [1.82, 2.24) is 0 Å². The molecule has 0 radical (unpaired) electrons. The number of rotatable bonds is 8. The molecular formula is C13H10N6Na2O14S4-2. The van der Waals surface area contributed by atoms with E-state index in [0.717, 1.165) is 0 Å². The van der Waals surface area contributed by atoms with Crippen molar-refractivity contribution < 1.29 is 122 Å². The molecule has 2 aromatic carbocycles. The number of hydrogen-bond donors (Lipinski definition) is 0. The van der Waals surface area contributed by atoms with Crippen LogP contribution < -0.4 is 59.1 Å². The average molecular weight is 648 g/mol. The Kier molecular flexibility index (Phi) is 16.2. The van der Waals surface area contributed by atoms with Gasteiger partial charge in [0.15, 0.2) is 0 Å². The van der Waals surface area contributed by atoms with Crippen LogP contribution in [-0.2, 0) is 46.9 Å². The largest absolute Gasteiger partial charge is 1.00 e. The third-order valence-corrected chi connectivity index (χ3v) is 8.05. The van der Waals surface area contributed by atoms with Crippen LogP contribution in [0.3, 0.4) is 0 Å². The van der Waals surface area contributed by atoms with Crippen molar-refractivity contribution in [2.75, 3.05) is 0 Å². The van der Waals surface area contributed by atoms with Crippen LogP contribution >= 0.6 is 0 Å². The predicted molar refractivity (Wildman–Crippen MR) is 112 cm³/mol. The molecule has 0 heterocycles. The zero-order valence-electron chi connectivity index (χ0n) is 19.2. The van der Waals surface area contributed by atoms with Crippen LogP contribution in [0.4, 0.5) is 11.4 Å². The van der Waals surface area contributed by atoms with E-state index in [1.165, 1.54) is 0 Å². The number of benzene rings is 2. The van der Waals surface area contributed by atoms with Crippen LogP contribution in [-0.4, -0.2) is 62.8 Å². The average Bonchev–Trinajstić information content (AvgIpc) is 2.66. The zero-order chi connectivity index (χ0) is 27.0. The summed E-state index contributed by atoms with van der Waals surface area (Å²) < 4.78 is 141. The molecule has 0 bridgehead atoms. The summed E-state index contributed by atoms with van der Waals surface area (Å²) in [6.45, 7) is 0. The van der Waals surface area contributed by atoms with Gasteiger partial charge in [-0.15, -0.1) is 0 Å². The summed E-state index contributed by atoms with van der Waals surface area (Å²) in [5.74, 6) is 0. The minimum atomic E-state index is -5.94. The van der Waals surface area contributed by atoms with Crippen LogP contribution in [0.25, 0.3) is 20.9 Å². The standard InChI is InChI=1S/C13H10N6O12S4.2Na.2H2O/c14-18-16-8-1-3-10(32(20,21)22)12(34(26,27)28)6(8)5-7-9(17-19-15)2-4-11(33(23,24)25)13(7)35(29,30)31;;;;/h1-4H,5H2,(H,20,21,22)(H,23,24,25)(H,26,27,28)(H,29,30,31);;;2*1H2/q;2*+1;;/p-4. The molecule has 0 aliphatic heterocycles. The number of azide groups is 2. The number of hydrogen-bond acceptors (Lipinski definition) is 14. The second kappa shape index (κ2) is 15.0. The van der Waals surface area contributed by atoms with Crippen molar-refractivity contribution >= 4 is 51.8 Å². The first-order chi connectivity index (χ1) is 15.8. The smallest absolute Gasteiger partial charge is 0.744 e. The van der Waals surface area contributed by atoms with Crippen LogP contribution in [0, 0.1) is 0 Å². The third-order valence-electron chi connectivity index (χ3n) is 4.10. The molecule has 26 heteroatoms. The maximum Gasteiger partial charge on any atom is 1.00 e. The summed E-state index contributed by atoms with van der Waals surface area (Å²) in [7, 11) is -23.3. The Morgan fingerprint density at radius 3 is 1.08 bits per heavy atom. The monoisotopic (exact) mass is 648 g/mol. The van der Waals surface area contributed by atoms with Crippen LogP contribution in [0.15, 0.2) is 54.1 Å². The molecule has 4 N–H and O–H groups in total. The summed E-state index contributed by atoms with van der Waals surface area (Å²) in [5, 5.41) is 6.02. The van der Waals surface area contributed by atoms with Crippen LogP contribution in [0.1, 0.15) is 11.1 Å². The second-order valence-corrected chi connectivity index (χ2v) is 11.5. The van der Waals surface area contributed by atoms with Gasteiger partial charge in [0, 0.05) is 27.6 Å². The number of nitrogens with zero attached hydrogens (tertiary/aromatic N) is 6. The molecule has 0 aliphatic carbocycles. The van der Waals surface area contributed by atoms with Crippen LogP contribution in [0.2, 0.25) is 0 Å². The molecule has 0 atom stereocenters. The second-order valence-electron chi connectivity index (χ2n) is 6.15. The molecule has 0 fully saturated rings. The van der Waals surface area contributed by atoms with Gasteiger partial charge in [0.2, 0.25) is 0 Å². The van der Waals surface area contributed by atoms with Crippen molar-refractivity contribution in [2.45, 2.75) is 26.0 Å². The molecule has 204 valence electrons. The molecule has 2 aromatic rings. The van der Waals surface area contributed by atoms with Crippen molar-refractivity contribution in [3.05, 3.63) is 56.3 Å². The first kappa shape index (κ1) is 42.1. The molecule has 39 heavy (non-hydrogen) atoms. The maximum atomic E-state index is 11.9. The van der Waals surface area contributed by atoms with E-state index in [1.807, 2.05) is 0 Å². The van der Waals surface area contributed by atoms with E-state index in [1.54, 1.807) is 0 Å². The van der Waals surface area contributed by atoms with E-state index < -0.39 is 89.0 Å². The summed E-state index contributed by atoms with van der Waals surface area (Å²) in [5.41, 5.74) is 13.3. The van der Waals surface area contributed by atoms with Gasteiger partial charge in [0.1, 0.15) is 40.5 Å². The fraction of sp³-hybridized carbons (Fsp3) is 0.0769. The molecule has 0 saturated carbocycles. The van der Waals surface area contributed by atoms with Crippen molar-refractivity contribution in [3.8, 4) is 0 Å². The van der Waals surface area contributed by atoms with Crippen molar-refractivity contribution in [1.29, 1.82) is 0 Å². The fourth-order valence-corrected chi connectivity index (χ4v) is 6.92. The molecular weight excluding hydrogens is 638 g/mol. The summed E-state index contributed by atoms with van der Waals surface area (Å²) >= 11 is 0. The van der Waals surface area contributed by atoms with Gasteiger partial charge in [-0.2, -0.15) is 0 Å². The molecule has 0 aromatic heterocycles. The third kappa shape index (κ3) is 9.89. The van der Waals surface area contributed by atoms with Crippen LogP contribution in [0.5, 0.6) is 0 Å². The quantitative estimate of drug-likeness (QED) is 0.0847. The predicted octanol–water partition coefficient (Wildman–Crippen LogP) is -6.86. The Balaban J connectivity index is -0.00000324. The van der Waals surface area contributed by atoms with Crippen molar-refractivity contribution in [3.63, 3.8) is 0 Å². The Morgan fingerprint density at radius 2 is 0.872 bits per heavy atom. The fourth-order valence-electron chi connectivity index (χ4n) is 2.94. The first-order valence-corrected chi connectivity index (χ1v) is 13.7. The van der Waals surface area contributed by atoms with E-state index in [9.17, 15) is 51.9 Å². The molecule has 0 unspecified atom stereocenters. The molecule has 20 nitrogen and oxygen atoms in total. The van der Waals surface area contributed by atoms with E-state index in [4.69, 9.17) is 11.1 Å². The Hall–Kier alpha value is -1.38. The molecule has 2 rings (SSSR count). The van der Waals surface area contributed by atoms with Gasteiger partial charge >= 0.3 is 59.1 Å². The van der Waals surface area contributed by atoms with E-state index in [2.05, 4.69) is 20.1 Å². The zero-order valence-corrected chi connectivity index (χ0v) is 26.5. The van der Waals surface area contributed by atoms with Gasteiger partial charge in [0.05, 0.1) is 19.6 Å². The summed E-state index contributed by atoms with van der Waals surface area (Å²) in [6, 6.07) is 1.67. The Bertz CT molecular complexity index is 1650. The molecule has 0 saturated heterocycles. The van der Waals surface area contributed by atoms with Gasteiger partial charge in [-0.1, -0.05) is 22.4 Å². The maximum absolute atomic E-state index is 11.9. The normalized spacial score (nSPS) is 11.2. The van der Waals surface area contributed by atoms with Gasteiger partial charge in [-0.25, -0.2) is 33.7 Å². The Morgan fingerprint density at radius 1 is 0.590 bits per heavy atom. The van der Waals surface area contributed by atoms with E-state index >= 15 is 0 Å². The van der Waals surface area contributed by atoms with E-state index in [-0.39, 0.29) is 70.1 Å². The molecule has 0 amide bonds. The van der Waals surface area contributed by atoms with Gasteiger partial charge in [0.25, 0.3) is 0 Å². The topological polar surface area (TPSA) is 389 Å². The van der Waals surface area contributed by atoms with Crippen molar-refractivity contribution in [2.24, 2.45) is 10.2 Å². The van der Waals surface area contributed by atoms with Gasteiger partial charge in [-0.05, 0) is 34.3 Å². The summed E-state index contributed by atoms with van der Waals surface area (Å²) in [6.07, 6.45) is -1.46. The van der Waals surface area contributed by atoms with E-state index in [0.29, 0.717) is 24.3 Å². The first-order valence-electron chi connectivity index (χ1n) is 8.09. The Labute approximate surface area is 263 Å². The van der Waals surface area contributed by atoms with Gasteiger partial charge < -0.3 is 29.2 Å². The minimum Gasteiger partial charge on any atom is -0.744 e. The SMILES string of the molecule is O.O.[N-]=[N+]=Nc1ccc(S(=O)(=O)[O-])c(S(=O)(=O)[O-])c1Cc1c(N=[N+]=[N-])ccc(S(=O)(=O)[O-])c1S(=O)(=O)[O-].[Na+].[Na+]. The molecule has 0 aliphatic rings. The molecule has 0 spiro atoms.